The van der Waals surface area contributed by atoms with E-state index in [0.717, 1.165) is 25.7 Å². The summed E-state index contributed by atoms with van der Waals surface area (Å²) in [7, 11) is 0. The van der Waals surface area contributed by atoms with Gasteiger partial charge in [-0.05, 0) is 45.6 Å². The minimum absolute atomic E-state index is 0.101. The molecule has 0 aliphatic heterocycles. The van der Waals surface area contributed by atoms with E-state index in [-0.39, 0.29) is 18.1 Å². The quantitative estimate of drug-likeness (QED) is 0.930. The molecule has 1 amide bonds. The van der Waals surface area contributed by atoms with Gasteiger partial charge in [-0.15, -0.1) is 0 Å². The number of amides is 1. The second kappa shape index (κ2) is 6.76. The minimum atomic E-state index is -0.114. The highest BCUT2D eigenvalue weighted by molar-refractivity contribution is 5.96. The summed E-state index contributed by atoms with van der Waals surface area (Å²) in [4.78, 5) is 20.5. The molecule has 1 fully saturated rings. The van der Waals surface area contributed by atoms with E-state index in [4.69, 9.17) is 9.26 Å². The van der Waals surface area contributed by atoms with Crippen molar-refractivity contribution in [2.24, 2.45) is 0 Å². The zero-order valence-electron chi connectivity index (χ0n) is 13.3. The van der Waals surface area contributed by atoms with Gasteiger partial charge in [0.15, 0.2) is 0 Å². The number of aromatic nitrogens is 3. The average Bonchev–Trinajstić information content (AvgIpc) is 2.89. The summed E-state index contributed by atoms with van der Waals surface area (Å²) in [6, 6.07) is 2.32. The van der Waals surface area contributed by atoms with Crippen molar-refractivity contribution in [2.45, 2.75) is 51.7 Å². The van der Waals surface area contributed by atoms with Crippen LogP contribution in [0.25, 0.3) is 0 Å². The molecule has 1 aliphatic carbocycles. The molecule has 2 aromatic heterocycles. The number of nitrogens with zero attached hydrogens (tertiary/aromatic N) is 3. The van der Waals surface area contributed by atoms with E-state index < -0.39 is 0 Å². The van der Waals surface area contributed by atoms with Crippen molar-refractivity contribution >= 4 is 5.91 Å². The highest BCUT2D eigenvalue weighted by atomic mass is 16.5. The van der Waals surface area contributed by atoms with E-state index in [2.05, 4.69) is 20.4 Å². The highest BCUT2D eigenvalue weighted by Crippen LogP contribution is 2.23. The van der Waals surface area contributed by atoms with Crippen molar-refractivity contribution in [3.05, 3.63) is 35.5 Å². The Morgan fingerprint density at radius 1 is 1.22 bits per heavy atom. The summed E-state index contributed by atoms with van der Waals surface area (Å²) in [5, 5.41) is 6.88. The Bertz CT molecular complexity index is 644. The van der Waals surface area contributed by atoms with Crippen LogP contribution < -0.4 is 10.1 Å². The summed E-state index contributed by atoms with van der Waals surface area (Å²) in [6.07, 6.45) is 6.90. The first-order valence-electron chi connectivity index (χ1n) is 7.81. The van der Waals surface area contributed by atoms with Gasteiger partial charge in [0.1, 0.15) is 17.4 Å². The standard InChI is InChI=1S/C16H20N4O3/c1-10-14(11(2)23-20-10)15(21)19-12-4-6-13(7-5-12)22-16-17-8-3-9-18-16/h3,8-9,12-13H,4-7H2,1-2H3,(H,19,21). The van der Waals surface area contributed by atoms with E-state index in [1.807, 2.05) is 0 Å². The van der Waals surface area contributed by atoms with Gasteiger partial charge in [0.25, 0.3) is 5.91 Å². The molecule has 0 saturated heterocycles. The van der Waals surface area contributed by atoms with Crippen molar-refractivity contribution in [3.63, 3.8) is 0 Å². The van der Waals surface area contributed by atoms with Gasteiger partial charge in [0, 0.05) is 18.4 Å². The van der Waals surface area contributed by atoms with Crippen LogP contribution in [0, 0.1) is 13.8 Å². The fraction of sp³-hybridized carbons (Fsp3) is 0.500. The maximum atomic E-state index is 12.3. The normalized spacial score (nSPS) is 21.0. The lowest BCUT2D eigenvalue weighted by atomic mass is 9.92. The largest absolute Gasteiger partial charge is 0.460 e. The van der Waals surface area contributed by atoms with Gasteiger partial charge in [-0.1, -0.05) is 5.16 Å². The zero-order valence-corrected chi connectivity index (χ0v) is 13.3. The molecule has 7 nitrogen and oxygen atoms in total. The van der Waals surface area contributed by atoms with Gasteiger partial charge in [-0.25, -0.2) is 9.97 Å². The van der Waals surface area contributed by atoms with Crippen molar-refractivity contribution in [2.75, 3.05) is 0 Å². The predicted molar refractivity (Wildman–Crippen MR) is 82.1 cm³/mol. The molecule has 0 radical (unpaired) electrons. The maximum Gasteiger partial charge on any atom is 0.316 e. The number of rotatable bonds is 4. The lowest BCUT2D eigenvalue weighted by molar-refractivity contribution is 0.0883. The smallest absolute Gasteiger partial charge is 0.316 e. The SMILES string of the molecule is Cc1noc(C)c1C(=O)NC1CCC(Oc2ncccn2)CC1. The summed E-state index contributed by atoms with van der Waals surface area (Å²) in [5.74, 6) is 0.440. The van der Waals surface area contributed by atoms with Crippen molar-refractivity contribution in [1.29, 1.82) is 0 Å². The second-order valence-corrected chi connectivity index (χ2v) is 5.80. The third kappa shape index (κ3) is 3.67. The Balaban J connectivity index is 1.50. The number of ether oxygens (including phenoxy) is 1. The van der Waals surface area contributed by atoms with Gasteiger partial charge >= 0.3 is 6.01 Å². The van der Waals surface area contributed by atoms with Crippen LogP contribution >= 0.6 is 0 Å². The molecular weight excluding hydrogens is 296 g/mol. The Morgan fingerprint density at radius 3 is 2.52 bits per heavy atom. The number of hydrogen-bond acceptors (Lipinski definition) is 6. The van der Waals surface area contributed by atoms with Crippen molar-refractivity contribution in [1.82, 2.24) is 20.4 Å². The van der Waals surface area contributed by atoms with E-state index in [9.17, 15) is 4.79 Å². The van der Waals surface area contributed by atoms with Crippen LogP contribution in [0.4, 0.5) is 0 Å². The summed E-state index contributed by atoms with van der Waals surface area (Å²) >= 11 is 0. The molecule has 1 aliphatic rings. The molecule has 1 saturated carbocycles. The molecule has 0 atom stereocenters. The van der Waals surface area contributed by atoms with Gasteiger partial charge < -0.3 is 14.6 Å². The Hall–Kier alpha value is -2.44. The number of carbonyl (C=O) groups is 1. The first kappa shape index (κ1) is 15.5. The number of aryl methyl sites for hydroxylation is 2. The molecular formula is C16H20N4O3. The highest BCUT2D eigenvalue weighted by Gasteiger charge is 2.26. The van der Waals surface area contributed by atoms with Gasteiger partial charge in [0.2, 0.25) is 0 Å². The number of carbonyl (C=O) groups excluding carboxylic acids is 1. The van der Waals surface area contributed by atoms with Crippen LogP contribution in [0.2, 0.25) is 0 Å². The Morgan fingerprint density at radius 2 is 1.91 bits per heavy atom. The van der Waals surface area contributed by atoms with Crippen LogP contribution in [0.15, 0.2) is 23.0 Å². The van der Waals surface area contributed by atoms with E-state index >= 15 is 0 Å². The Labute approximate surface area is 134 Å². The minimum Gasteiger partial charge on any atom is -0.460 e. The predicted octanol–water partition coefficient (Wildman–Crippen LogP) is 2.20. The molecule has 0 spiro atoms. The van der Waals surface area contributed by atoms with Crippen LogP contribution in [-0.4, -0.2) is 33.2 Å². The molecule has 2 aromatic rings. The summed E-state index contributed by atoms with van der Waals surface area (Å²) in [6.45, 7) is 3.52. The molecule has 0 bridgehead atoms. The third-order valence-corrected chi connectivity index (χ3v) is 4.08. The van der Waals surface area contributed by atoms with Crippen LogP contribution in [0.5, 0.6) is 6.01 Å². The molecule has 122 valence electrons. The number of hydrogen-bond donors (Lipinski definition) is 1. The fourth-order valence-corrected chi connectivity index (χ4v) is 2.89. The third-order valence-electron chi connectivity index (χ3n) is 4.08. The Kier molecular flexibility index (Phi) is 4.55. The molecule has 1 N–H and O–H groups in total. The zero-order chi connectivity index (χ0) is 16.2. The first-order valence-corrected chi connectivity index (χ1v) is 7.81. The van der Waals surface area contributed by atoms with Crippen LogP contribution in [0.1, 0.15) is 47.5 Å². The molecule has 0 aromatic carbocycles. The fourth-order valence-electron chi connectivity index (χ4n) is 2.89. The van der Waals surface area contributed by atoms with Crippen molar-refractivity contribution in [3.8, 4) is 6.01 Å². The second-order valence-electron chi connectivity index (χ2n) is 5.80. The van der Waals surface area contributed by atoms with Gasteiger partial charge in [-0.3, -0.25) is 4.79 Å². The summed E-state index contributed by atoms with van der Waals surface area (Å²) in [5.41, 5.74) is 1.17. The first-order chi connectivity index (χ1) is 11.1. The van der Waals surface area contributed by atoms with E-state index in [0.29, 0.717) is 23.0 Å². The molecule has 0 unspecified atom stereocenters. The lowest BCUT2D eigenvalue weighted by Crippen LogP contribution is -2.40. The van der Waals surface area contributed by atoms with Crippen LogP contribution in [0.3, 0.4) is 0 Å². The topological polar surface area (TPSA) is 90.1 Å². The van der Waals surface area contributed by atoms with E-state index in [1.165, 1.54) is 0 Å². The maximum absolute atomic E-state index is 12.3. The number of nitrogens with one attached hydrogen (secondary N) is 1. The average molecular weight is 316 g/mol. The lowest BCUT2D eigenvalue weighted by Gasteiger charge is -2.28. The monoisotopic (exact) mass is 316 g/mol. The van der Waals surface area contributed by atoms with Gasteiger partial charge in [-0.2, -0.15) is 0 Å². The molecule has 2 heterocycles. The molecule has 7 heteroatoms. The van der Waals surface area contributed by atoms with E-state index in [1.54, 1.807) is 32.3 Å². The summed E-state index contributed by atoms with van der Waals surface area (Å²) < 4.78 is 10.8. The van der Waals surface area contributed by atoms with Crippen LogP contribution in [-0.2, 0) is 0 Å². The van der Waals surface area contributed by atoms with Gasteiger partial charge in [0.05, 0.1) is 5.69 Å². The van der Waals surface area contributed by atoms with Crippen molar-refractivity contribution < 1.29 is 14.1 Å². The molecule has 3 rings (SSSR count). The molecule has 23 heavy (non-hydrogen) atoms.